The van der Waals surface area contributed by atoms with Crippen LogP contribution >= 0.6 is 11.8 Å². The first-order valence-corrected chi connectivity index (χ1v) is 22.6. The molecule has 3 amide bonds. The number of rotatable bonds is 29. The van der Waals surface area contributed by atoms with E-state index in [1.54, 1.807) is 12.3 Å². The van der Waals surface area contributed by atoms with E-state index >= 15 is 4.39 Å². The first-order chi connectivity index (χ1) is 31.5. The van der Waals surface area contributed by atoms with Crippen LogP contribution in [-0.2, 0) is 44.9 Å². The maximum absolute atomic E-state index is 15.1. The van der Waals surface area contributed by atoms with Crippen LogP contribution in [0.15, 0.2) is 60.8 Å². The molecule has 0 bridgehead atoms. The van der Waals surface area contributed by atoms with Crippen molar-refractivity contribution in [2.75, 3.05) is 25.4 Å². The summed E-state index contributed by atoms with van der Waals surface area (Å²) in [7, 11) is 0. The van der Waals surface area contributed by atoms with Crippen molar-refractivity contribution in [3.63, 3.8) is 0 Å². The third-order valence-electron chi connectivity index (χ3n) is 10.6. The summed E-state index contributed by atoms with van der Waals surface area (Å²) >= 11 is 0.671. The largest absolute Gasteiger partial charge is 0.481 e. The van der Waals surface area contributed by atoms with Crippen molar-refractivity contribution in [2.45, 2.75) is 108 Å². The van der Waals surface area contributed by atoms with Gasteiger partial charge in [-0.1, -0.05) is 51.1 Å². The number of aliphatic carboxylic acids is 3. The monoisotopic (exact) mass is 958 g/mol. The van der Waals surface area contributed by atoms with Gasteiger partial charge in [0.05, 0.1) is 18.1 Å². The summed E-state index contributed by atoms with van der Waals surface area (Å²) in [5.41, 5.74) is 12.8. The van der Waals surface area contributed by atoms with Crippen LogP contribution < -0.4 is 22.1 Å². The summed E-state index contributed by atoms with van der Waals surface area (Å²) in [6, 6.07) is 9.59. The quantitative estimate of drug-likeness (QED) is 0.0463. The average molecular weight is 959 g/mol. The van der Waals surface area contributed by atoms with E-state index in [0.717, 1.165) is 23.8 Å². The minimum absolute atomic E-state index is 0.00942. The molecule has 3 aromatic rings. The van der Waals surface area contributed by atoms with Gasteiger partial charge in [0.15, 0.2) is 5.78 Å². The smallest absolute Gasteiger partial charge is 0.321 e. The summed E-state index contributed by atoms with van der Waals surface area (Å²) in [5.74, 6) is -8.75. The minimum atomic E-state index is -1.37. The number of thioether (sulfide) groups is 1. The van der Waals surface area contributed by atoms with E-state index < -0.39 is 126 Å². The molecule has 0 aliphatic carbocycles. The van der Waals surface area contributed by atoms with Crippen LogP contribution in [0.2, 0.25) is 0 Å². The Hall–Kier alpha value is -6.03. The lowest BCUT2D eigenvalue weighted by Gasteiger charge is -2.41. The number of aliphatic hydroxyl groups is 1. The Balaban J connectivity index is 1.65. The van der Waals surface area contributed by atoms with Crippen LogP contribution in [0.1, 0.15) is 89.4 Å². The summed E-state index contributed by atoms with van der Waals surface area (Å²) < 4.78 is 31.3. The van der Waals surface area contributed by atoms with Crippen molar-refractivity contribution < 1.29 is 67.6 Å². The minimum Gasteiger partial charge on any atom is -0.481 e. The number of nitrogens with zero attached hydrogens (tertiary/aromatic N) is 2. The lowest BCUT2D eigenvalue weighted by atomic mass is 9.82. The maximum atomic E-state index is 15.1. The summed E-state index contributed by atoms with van der Waals surface area (Å²) in [6.07, 6.45) is -0.660. The second-order valence-electron chi connectivity index (χ2n) is 17.1. The molecule has 366 valence electrons. The molecule has 0 aliphatic rings. The first-order valence-electron chi connectivity index (χ1n) is 21.5. The molecule has 5 atom stereocenters. The molecule has 67 heavy (non-hydrogen) atoms. The van der Waals surface area contributed by atoms with Crippen molar-refractivity contribution >= 4 is 59.0 Å². The van der Waals surface area contributed by atoms with Crippen LogP contribution in [0.5, 0.6) is 0 Å². The number of hydrogen-bond acceptors (Lipinski definition) is 12. The molecule has 0 radical (unpaired) electrons. The van der Waals surface area contributed by atoms with Crippen molar-refractivity contribution in [1.82, 2.24) is 20.1 Å². The van der Waals surface area contributed by atoms with E-state index in [4.69, 9.17) is 16.6 Å². The number of amides is 3. The number of aliphatic hydroxyl groups excluding tert-OH is 1. The molecular weight excluding hydrogens is 899 g/mol. The summed E-state index contributed by atoms with van der Waals surface area (Å²) in [4.78, 5) is 100. The van der Waals surface area contributed by atoms with Gasteiger partial charge < -0.3 is 52.0 Å². The molecule has 0 saturated heterocycles. The Morgan fingerprint density at radius 1 is 0.851 bits per heavy atom. The van der Waals surface area contributed by atoms with Crippen LogP contribution in [0, 0.1) is 17.0 Å². The third kappa shape index (κ3) is 17.9. The van der Waals surface area contributed by atoms with Gasteiger partial charge in [0.2, 0.25) is 17.7 Å². The van der Waals surface area contributed by atoms with Gasteiger partial charge in [0.25, 0.3) is 0 Å². The number of benzene rings is 2. The Bertz CT molecular complexity index is 2220. The standard InChI is InChI=1S/C46H60F2N6O12S/c1-46(2,3)42(36-20-28(31-21-29(47)11-13-32(31)48)24-53(36)23-27-8-5-4-6-9-27)54(40(59)25-55)19-17-33(49)43(62)51-18-7-10-37(57)35(14-16-41(60)61)52-39(58)15-12-30(56)22-38(45(65)66)67-26-34(50)44(63)64/h4-6,8-9,11,13,20-21,24,33-35,38,42,55H,7,10,12,14-19,22-23,25-26,49-50H2,1-3H3,(H,51,62)(H,52,58)(H,60,61)(H,63,64)(H,65,66)/t33-,34-,35+,38+,42-/m0/s1. The molecule has 18 nitrogen and oxygen atoms in total. The highest BCUT2D eigenvalue weighted by Gasteiger charge is 2.37. The topological polar surface area (TPSA) is 302 Å². The van der Waals surface area contributed by atoms with E-state index in [-0.39, 0.29) is 50.1 Å². The fourth-order valence-electron chi connectivity index (χ4n) is 7.21. The molecule has 21 heteroatoms. The van der Waals surface area contributed by atoms with E-state index in [1.807, 2.05) is 55.7 Å². The molecule has 0 saturated carbocycles. The third-order valence-corrected chi connectivity index (χ3v) is 12.0. The molecule has 0 aliphatic heterocycles. The van der Waals surface area contributed by atoms with Gasteiger partial charge in [-0.2, -0.15) is 0 Å². The van der Waals surface area contributed by atoms with Crippen molar-refractivity contribution in [3.8, 4) is 11.1 Å². The number of carbonyl (C=O) groups excluding carboxylic acids is 5. The zero-order chi connectivity index (χ0) is 50.0. The maximum Gasteiger partial charge on any atom is 0.321 e. The number of nitrogens with two attached hydrogens (primary N) is 2. The van der Waals surface area contributed by atoms with Crippen molar-refractivity contribution in [3.05, 3.63) is 83.7 Å². The molecule has 1 heterocycles. The molecule has 0 fully saturated rings. The van der Waals surface area contributed by atoms with E-state index in [1.165, 1.54) is 4.90 Å². The van der Waals surface area contributed by atoms with Gasteiger partial charge in [-0.25, -0.2) is 8.78 Å². The second-order valence-corrected chi connectivity index (χ2v) is 18.3. The van der Waals surface area contributed by atoms with Gasteiger partial charge in [-0.15, -0.1) is 11.8 Å². The Morgan fingerprint density at radius 2 is 1.54 bits per heavy atom. The lowest BCUT2D eigenvalue weighted by molar-refractivity contribution is -0.140. The number of nitrogens with one attached hydrogen (secondary N) is 2. The Morgan fingerprint density at radius 3 is 2.15 bits per heavy atom. The highest BCUT2D eigenvalue weighted by molar-refractivity contribution is 8.00. The fraction of sp³-hybridized carbons (Fsp3) is 0.478. The molecule has 0 spiro atoms. The molecule has 10 N–H and O–H groups in total. The molecule has 3 rings (SSSR count). The summed E-state index contributed by atoms with van der Waals surface area (Å²) in [5, 5.41) is 41.5. The molecule has 1 aromatic heterocycles. The number of ketones is 2. The normalized spacial score (nSPS) is 13.7. The second kappa shape index (κ2) is 26.3. The van der Waals surface area contributed by atoms with Crippen molar-refractivity contribution in [2.24, 2.45) is 16.9 Å². The molecular formula is C46H60F2N6O12S. The highest BCUT2D eigenvalue weighted by atomic mass is 32.2. The van der Waals surface area contributed by atoms with Crippen LogP contribution in [0.3, 0.4) is 0 Å². The summed E-state index contributed by atoms with van der Waals surface area (Å²) in [6.45, 7) is 4.88. The van der Waals surface area contributed by atoms with Crippen LogP contribution in [0.25, 0.3) is 11.1 Å². The van der Waals surface area contributed by atoms with Crippen molar-refractivity contribution in [1.29, 1.82) is 0 Å². The van der Waals surface area contributed by atoms with Gasteiger partial charge >= 0.3 is 17.9 Å². The zero-order valence-electron chi connectivity index (χ0n) is 37.6. The Kier molecular flexibility index (Phi) is 21.7. The number of carbonyl (C=O) groups is 8. The van der Waals surface area contributed by atoms with E-state index in [9.17, 15) is 58.1 Å². The predicted octanol–water partition coefficient (Wildman–Crippen LogP) is 3.26. The molecule has 2 aromatic carbocycles. The van der Waals surface area contributed by atoms with Gasteiger partial charge in [0.1, 0.15) is 35.3 Å². The Labute approximate surface area is 390 Å². The van der Waals surface area contributed by atoms with Crippen LogP contribution in [-0.4, -0.2) is 126 Å². The predicted molar refractivity (Wildman–Crippen MR) is 243 cm³/mol. The highest BCUT2D eigenvalue weighted by Crippen LogP contribution is 2.41. The first kappa shape index (κ1) is 55.3. The SMILES string of the molecule is CC(C)(C)[C@H](c1cc(-c2cc(F)ccc2F)cn1Cc1ccccc1)N(CC[C@H](N)C(=O)NCCCC(=O)[C@@H](CCC(=O)O)NC(=O)CCC(=O)C[C@@H](SC[C@H](N)C(=O)O)C(=O)O)C(=O)CO. The number of carboxylic acids is 3. The van der Waals surface area contributed by atoms with E-state index in [0.29, 0.717) is 29.6 Å². The van der Waals surface area contributed by atoms with Gasteiger partial charge in [-0.05, 0) is 54.5 Å². The average Bonchev–Trinajstić information content (AvgIpc) is 3.67. The number of Topliss-reactive ketones (excluding diaryl/α,β-unsaturated/α-hetero) is 2. The number of carboxylic acid groups (broad SMARTS) is 3. The van der Waals surface area contributed by atoms with Crippen LogP contribution in [0.4, 0.5) is 8.78 Å². The van der Waals surface area contributed by atoms with E-state index in [2.05, 4.69) is 10.6 Å². The molecule has 0 unspecified atom stereocenters. The number of aromatic nitrogens is 1. The fourth-order valence-corrected chi connectivity index (χ4v) is 8.24. The zero-order valence-corrected chi connectivity index (χ0v) is 38.4. The van der Waals surface area contributed by atoms with Gasteiger partial charge in [0, 0.05) is 80.5 Å². The number of halogens is 2. The van der Waals surface area contributed by atoms with Gasteiger partial charge in [-0.3, -0.25) is 38.4 Å². The number of hydrogen-bond donors (Lipinski definition) is 8. The lowest BCUT2D eigenvalue weighted by Crippen LogP contribution is -2.47.